The first-order chi connectivity index (χ1) is 10.8. The molecular weight excluding hydrogens is 280 g/mol. The van der Waals surface area contributed by atoms with Gasteiger partial charge < -0.3 is 24.4 Å². The summed E-state index contributed by atoms with van der Waals surface area (Å²) in [6, 6.07) is 3.94. The van der Waals surface area contributed by atoms with E-state index in [9.17, 15) is 0 Å². The number of nitrogens with zero attached hydrogens (tertiary/aromatic N) is 1. The first-order valence-corrected chi connectivity index (χ1v) is 8.00. The standard InChI is InChI=1S/C17H28N2O3/c1-20-15-13-17(22-3)16(21-2)12-14(15)6-4-5-9-19-10-7-18-8-11-19/h12-13,18H,4-11H2,1-3H3. The maximum absolute atomic E-state index is 5.48. The van der Waals surface area contributed by atoms with Crippen molar-refractivity contribution in [3.05, 3.63) is 17.7 Å². The Balaban J connectivity index is 1.88. The topological polar surface area (TPSA) is 43.0 Å². The second-order valence-electron chi connectivity index (χ2n) is 5.57. The Labute approximate surface area is 133 Å². The Hall–Kier alpha value is -1.46. The molecule has 124 valence electrons. The van der Waals surface area contributed by atoms with E-state index in [1.54, 1.807) is 21.3 Å². The van der Waals surface area contributed by atoms with E-state index in [4.69, 9.17) is 14.2 Å². The number of methoxy groups -OCH3 is 3. The summed E-state index contributed by atoms with van der Waals surface area (Å²) in [5.74, 6) is 2.35. The van der Waals surface area contributed by atoms with Crippen LogP contribution in [0.1, 0.15) is 18.4 Å². The van der Waals surface area contributed by atoms with Crippen LogP contribution in [0.2, 0.25) is 0 Å². The van der Waals surface area contributed by atoms with Crippen LogP contribution in [0.15, 0.2) is 12.1 Å². The molecule has 0 radical (unpaired) electrons. The molecule has 0 unspecified atom stereocenters. The molecule has 1 N–H and O–H groups in total. The molecule has 0 amide bonds. The quantitative estimate of drug-likeness (QED) is 0.744. The Morgan fingerprint density at radius 1 is 0.909 bits per heavy atom. The maximum atomic E-state index is 5.48. The molecule has 2 rings (SSSR count). The van der Waals surface area contributed by atoms with E-state index in [-0.39, 0.29) is 0 Å². The van der Waals surface area contributed by atoms with Gasteiger partial charge in [-0.1, -0.05) is 0 Å². The van der Waals surface area contributed by atoms with E-state index in [0.717, 1.165) is 37.4 Å². The molecule has 1 aliphatic heterocycles. The fraction of sp³-hybridized carbons (Fsp3) is 0.647. The first-order valence-electron chi connectivity index (χ1n) is 8.00. The molecule has 0 aliphatic carbocycles. The third kappa shape index (κ3) is 4.52. The number of unbranched alkanes of at least 4 members (excludes halogenated alkanes) is 1. The lowest BCUT2D eigenvalue weighted by molar-refractivity contribution is 0.236. The van der Waals surface area contributed by atoms with Crippen LogP contribution in [-0.2, 0) is 6.42 Å². The van der Waals surface area contributed by atoms with Gasteiger partial charge in [0.1, 0.15) is 5.75 Å². The molecule has 1 fully saturated rings. The zero-order valence-corrected chi connectivity index (χ0v) is 14.0. The van der Waals surface area contributed by atoms with Crippen LogP contribution in [0.25, 0.3) is 0 Å². The van der Waals surface area contributed by atoms with Gasteiger partial charge in [0.2, 0.25) is 0 Å². The van der Waals surface area contributed by atoms with Gasteiger partial charge in [-0.2, -0.15) is 0 Å². The summed E-state index contributed by atoms with van der Waals surface area (Å²) in [7, 11) is 5.01. The first kappa shape index (κ1) is 16.9. The second-order valence-corrected chi connectivity index (χ2v) is 5.57. The largest absolute Gasteiger partial charge is 0.496 e. The van der Waals surface area contributed by atoms with Gasteiger partial charge in [-0.15, -0.1) is 0 Å². The number of nitrogens with one attached hydrogen (secondary N) is 1. The normalized spacial score (nSPS) is 15.6. The third-order valence-electron chi connectivity index (χ3n) is 4.17. The monoisotopic (exact) mass is 308 g/mol. The van der Waals surface area contributed by atoms with E-state index in [1.165, 1.54) is 31.6 Å². The summed E-state index contributed by atoms with van der Waals surface area (Å²) in [4.78, 5) is 2.53. The van der Waals surface area contributed by atoms with Gasteiger partial charge >= 0.3 is 0 Å². The molecule has 1 aromatic rings. The zero-order chi connectivity index (χ0) is 15.8. The van der Waals surface area contributed by atoms with Crippen LogP contribution in [0.5, 0.6) is 17.2 Å². The van der Waals surface area contributed by atoms with Gasteiger partial charge in [-0.3, -0.25) is 0 Å². The number of piperazine rings is 1. The number of hydrogen-bond acceptors (Lipinski definition) is 5. The van der Waals surface area contributed by atoms with Crippen molar-refractivity contribution in [1.29, 1.82) is 0 Å². The fourth-order valence-electron chi connectivity index (χ4n) is 2.87. The molecule has 1 heterocycles. The smallest absolute Gasteiger partial charge is 0.164 e. The van der Waals surface area contributed by atoms with Gasteiger partial charge in [0.25, 0.3) is 0 Å². The average molecular weight is 308 g/mol. The molecule has 0 atom stereocenters. The van der Waals surface area contributed by atoms with Crippen LogP contribution >= 0.6 is 0 Å². The highest BCUT2D eigenvalue weighted by molar-refractivity contribution is 5.50. The van der Waals surface area contributed by atoms with Crippen molar-refractivity contribution in [3.8, 4) is 17.2 Å². The van der Waals surface area contributed by atoms with Gasteiger partial charge in [-0.25, -0.2) is 0 Å². The van der Waals surface area contributed by atoms with Gasteiger partial charge in [-0.05, 0) is 37.4 Å². The van der Waals surface area contributed by atoms with E-state index < -0.39 is 0 Å². The highest BCUT2D eigenvalue weighted by Gasteiger charge is 2.12. The number of benzene rings is 1. The van der Waals surface area contributed by atoms with Crippen molar-refractivity contribution in [2.45, 2.75) is 19.3 Å². The molecular formula is C17H28N2O3. The summed E-state index contributed by atoms with van der Waals surface area (Å²) in [6.07, 6.45) is 3.35. The second kappa shape index (κ2) is 8.86. The van der Waals surface area contributed by atoms with E-state index >= 15 is 0 Å². The van der Waals surface area contributed by atoms with Crippen molar-refractivity contribution in [2.24, 2.45) is 0 Å². The molecule has 5 heteroatoms. The number of aryl methyl sites for hydroxylation is 1. The van der Waals surface area contributed by atoms with Crippen molar-refractivity contribution in [2.75, 3.05) is 54.1 Å². The van der Waals surface area contributed by atoms with Crippen LogP contribution in [0.4, 0.5) is 0 Å². The molecule has 0 spiro atoms. The predicted molar refractivity (Wildman–Crippen MR) is 88.3 cm³/mol. The lowest BCUT2D eigenvalue weighted by Crippen LogP contribution is -2.43. The van der Waals surface area contributed by atoms with E-state index in [2.05, 4.69) is 10.2 Å². The van der Waals surface area contributed by atoms with Crippen LogP contribution in [-0.4, -0.2) is 59.0 Å². The summed E-state index contributed by atoms with van der Waals surface area (Å²) in [5.41, 5.74) is 1.18. The molecule has 0 saturated carbocycles. The van der Waals surface area contributed by atoms with Crippen LogP contribution in [0.3, 0.4) is 0 Å². The average Bonchev–Trinajstić information content (AvgIpc) is 2.58. The third-order valence-corrected chi connectivity index (χ3v) is 4.17. The Morgan fingerprint density at radius 2 is 1.55 bits per heavy atom. The lowest BCUT2D eigenvalue weighted by Gasteiger charge is -2.27. The SMILES string of the molecule is COc1cc(OC)c(OC)cc1CCCCN1CCNCC1. The molecule has 1 aromatic carbocycles. The van der Waals surface area contributed by atoms with Gasteiger partial charge in [0.05, 0.1) is 21.3 Å². The van der Waals surface area contributed by atoms with Crippen LogP contribution < -0.4 is 19.5 Å². The van der Waals surface area contributed by atoms with E-state index in [0.29, 0.717) is 5.75 Å². The van der Waals surface area contributed by atoms with E-state index in [1.807, 2.05) is 12.1 Å². The fourth-order valence-corrected chi connectivity index (χ4v) is 2.87. The summed E-state index contributed by atoms with van der Waals surface area (Å²) in [6.45, 7) is 5.74. The van der Waals surface area contributed by atoms with Crippen molar-refractivity contribution < 1.29 is 14.2 Å². The molecule has 22 heavy (non-hydrogen) atoms. The molecule has 5 nitrogen and oxygen atoms in total. The minimum atomic E-state index is 0.712. The summed E-state index contributed by atoms with van der Waals surface area (Å²) in [5, 5.41) is 3.39. The zero-order valence-electron chi connectivity index (χ0n) is 14.0. The number of hydrogen-bond donors (Lipinski definition) is 1. The Morgan fingerprint density at radius 3 is 2.18 bits per heavy atom. The minimum Gasteiger partial charge on any atom is -0.496 e. The highest BCUT2D eigenvalue weighted by atomic mass is 16.5. The maximum Gasteiger partial charge on any atom is 0.164 e. The minimum absolute atomic E-state index is 0.712. The van der Waals surface area contributed by atoms with Crippen molar-refractivity contribution in [3.63, 3.8) is 0 Å². The van der Waals surface area contributed by atoms with Gasteiger partial charge in [0, 0.05) is 32.2 Å². The molecule has 0 aromatic heterocycles. The van der Waals surface area contributed by atoms with Crippen molar-refractivity contribution in [1.82, 2.24) is 10.2 Å². The molecule has 1 saturated heterocycles. The summed E-state index contributed by atoms with van der Waals surface area (Å²) < 4.78 is 16.2. The highest BCUT2D eigenvalue weighted by Crippen LogP contribution is 2.35. The van der Waals surface area contributed by atoms with Crippen LogP contribution in [0, 0.1) is 0 Å². The molecule has 1 aliphatic rings. The summed E-state index contributed by atoms with van der Waals surface area (Å²) >= 11 is 0. The lowest BCUT2D eigenvalue weighted by atomic mass is 10.1. The number of rotatable bonds is 8. The van der Waals surface area contributed by atoms with Crippen molar-refractivity contribution >= 4 is 0 Å². The predicted octanol–water partition coefficient (Wildman–Crippen LogP) is 1.94. The molecule has 0 bridgehead atoms. The number of ether oxygens (including phenoxy) is 3. The Kier molecular flexibility index (Phi) is 6.80. The van der Waals surface area contributed by atoms with Gasteiger partial charge in [0.15, 0.2) is 11.5 Å². The Bertz CT molecular complexity index is 459.